The second-order valence-electron chi connectivity index (χ2n) is 4.97. The van der Waals surface area contributed by atoms with E-state index >= 15 is 0 Å². The van der Waals surface area contributed by atoms with Crippen LogP contribution in [-0.4, -0.2) is 57.9 Å². The number of piperidine rings is 1. The van der Waals surface area contributed by atoms with Gasteiger partial charge in [0.25, 0.3) is 0 Å². The lowest BCUT2D eigenvalue weighted by Crippen LogP contribution is -2.42. The molecule has 1 aliphatic heterocycles. The summed E-state index contributed by atoms with van der Waals surface area (Å²) in [7, 11) is 4.30. The topological polar surface area (TPSA) is 49.6 Å². The summed E-state index contributed by atoms with van der Waals surface area (Å²) in [5.41, 5.74) is 0.788. The van der Waals surface area contributed by atoms with Crippen LogP contribution in [0, 0.1) is 0 Å². The molecule has 2 aromatic rings. The molecule has 6 nitrogen and oxygen atoms in total. The highest BCUT2D eigenvalue weighted by atomic mass is 15.4. The molecule has 0 aliphatic carbocycles. The van der Waals surface area contributed by atoms with Gasteiger partial charge in [-0.2, -0.15) is 4.52 Å². The Hall–Kier alpha value is -1.69. The average Bonchev–Trinajstić information content (AvgIpc) is 2.86. The van der Waals surface area contributed by atoms with Crippen molar-refractivity contribution in [3.05, 3.63) is 18.5 Å². The van der Waals surface area contributed by atoms with Gasteiger partial charge in [-0.1, -0.05) is 0 Å². The first-order chi connectivity index (χ1) is 8.74. The van der Waals surface area contributed by atoms with Crippen LogP contribution in [0.25, 0.3) is 5.65 Å². The van der Waals surface area contributed by atoms with Crippen molar-refractivity contribution in [1.29, 1.82) is 0 Å². The fraction of sp³-hybridized carbons (Fsp3) is 0.583. The Kier molecular flexibility index (Phi) is 2.87. The number of hydrogen-bond acceptors (Lipinski definition) is 5. The Morgan fingerprint density at radius 1 is 1.28 bits per heavy atom. The summed E-state index contributed by atoms with van der Waals surface area (Å²) in [4.78, 5) is 4.65. The van der Waals surface area contributed by atoms with Crippen molar-refractivity contribution in [3.8, 4) is 0 Å². The van der Waals surface area contributed by atoms with Crippen LogP contribution in [0.15, 0.2) is 18.5 Å². The number of likely N-dealkylation sites (tertiary alicyclic amines) is 1. The van der Waals surface area contributed by atoms with Gasteiger partial charge < -0.3 is 9.80 Å². The largest absolute Gasteiger partial charge is 0.355 e. The van der Waals surface area contributed by atoms with Gasteiger partial charge in [-0.05, 0) is 45.1 Å². The maximum absolute atomic E-state index is 4.53. The molecule has 0 atom stereocenters. The molecule has 0 bridgehead atoms. The van der Waals surface area contributed by atoms with Gasteiger partial charge >= 0.3 is 0 Å². The van der Waals surface area contributed by atoms with E-state index in [2.05, 4.69) is 39.2 Å². The van der Waals surface area contributed by atoms with Gasteiger partial charge in [0.1, 0.15) is 12.1 Å². The first-order valence-electron chi connectivity index (χ1n) is 6.32. The summed E-state index contributed by atoms with van der Waals surface area (Å²) in [6, 6.07) is 4.55. The molecule has 96 valence electrons. The highest BCUT2D eigenvalue weighted by Gasteiger charge is 2.21. The van der Waals surface area contributed by atoms with E-state index in [9.17, 15) is 0 Å². The van der Waals surface area contributed by atoms with Crippen LogP contribution in [0.5, 0.6) is 0 Å². The van der Waals surface area contributed by atoms with E-state index in [1.54, 1.807) is 10.8 Å². The quantitative estimate of drug-likeness (QED) is 0.779. The van der Waals surface area contributed by atoms with Gasteiger partial charge in [0.15, 0.2) is 5.65 Å². The maximum Gasteiger partial charge on any atom is 0.177 e. The minimum Gasteiger partial charge on any atom is -0.355 e. The van der Waals surface area contributed by atoms with Crippen molar-refractivity contribution < 1.29 is 0 Å². The molecule has 3 heterocycles. The van der Waals surface area contributed by atoms with E-state index in [1.807, 2.05) is 12.1 Å². The van der Waals surface area contributed by atoms with E-state index in [-0.39, 0.29) is 0 Å². The molecule has 0 amide bonds. The molecule has 2 aromatic heterocycles. The molecule has 1 fully saturated rings. The monoisotopic (exact) mass is 246 g/mol. The van der Waals surface area contributed by atoms with Crippen molar-refractivity contribution in [2.45, 2.75) is 18.9 Å². The predicted molar refractivity (Wildman–Crippen MR) is 69.7 cm³/mol. The third-order valence-electron chi connectivity index (χ3n) is 3.74. The second kappa shape index (κ2) is 4.53. The number of aromatic nitrogens is 4. The third kappa shape index (κ3) is 2.03. The van der Waals surface area contributed by atoms with Crippen LogP contribution in [0.2, 0.25) is 0 Å². The van der Waals surface area contributed by atoms with Crippen molar-refractivity contribution in [1.82, 2.24) is 24.7 Å². The summed E-state index contributed by atoms with van der Waals surface area (Å²) in [5.74, 6) is 0.983. The normalized spacial score (nSPS) is 18.3. The van der Waals surface area contributed by atoms with E-state index in [4.69, 9.17) is 0 Å². The SMILES string of the molecule is CN1CCC(N(C)c2ccc3nncn3n2)CC1. The molecule has 0 unspecified atom stereocenters. The number of nitrogens with zero attached hydrogens (tertiary/aromatic N) is 6. The molecule has 1 aliphatic rings. The Morgan fingerprint density at radius 3 is 2.83 bits per heavy atom. The molecule has 0 spiro atoms. The average molecular weight is 246 g/mol. The maximum atomic E-state index is 4.53. The van der Waals surface area contributed by atoms with Crippen LogP contribution in [0.3, 0.4) is 0 Å². The van der Waals surface area contributed by atoms with E-state index in [1.165, 1.54) is 12.8 Å². The summed E-state index contributed by atoms with van der Waals surface area (Å²) in [6.45, 7) is 2.31. The lowest BCUT2D eigenvalue weighted by Gasteiger charge is -2.35. The summed E-state index contributed by atoms with van der Waals surface area (Å²) in [6.07, 6.45) is 4.02. The zero-order chi connectivity index (χ0) is 12.5. The zero-order valence-electron chi connectivity index (χ0n) is 10.8. The van der Waals surface area contributed by atoms with Gasteiger partial charge in [0.2, 0.25) is 0 Å². The number of hydrogen-bond donors (Lipinski definition) is 0. The summed E-state index contributed by atoms with van der Waals surface area (Å²) < 4.78 is 1.72. The van der Waals surface area contributed by atoms with Crippen molar-refractivity contribution in [2.75, 3.05) is 32.1 Å². The standard InChI is InChI=1S/C12H18N6/c1-16-7-5-10(6-8-16)17(2)12-4-3-11-14-13-9-18(11)15-12/h3-4,9-10H,5-8H2,1-2H3. The molecule has 0 saturated carbocycles. The Labute approximate surface area is 106 Å². The highest BCUT2D eigenvalue weighted by molar-refractivity contribution is 5.45. The third-order valence-corrected chi connectivity index (χ3v) is 3.74. The molecule has 6 heteroatoms. The van der Waals surface area contributed by atoms with Gasteiger partial charge in [-0.15, -0.1) is 15.3 Å². The molecule has 1 saturated heterocycles. The van der Waals surface area contributed by atoms with Crippen LogP contribution in [0.4, 0.5) is 5.82 Å². The van der Waals surface area contributed by atoms with Gasteiger partial charge in [0.05, 0.1) is 0 Å². The summed E-state index contributed by atoms with van der Waals surface area (Å²) >= 11 is 0. The lowest BCUT2D eigenvalue weighted by atomic mass is 10.0. The fourth-order valence-corrected chi connectivity index (χ4v) is 2.48. The molecular weight excluding hydrogens is 228 g/mol. The second-order valence-corrected chi connectivity index (χ2v) is 4.97. The van der Waals surface area contributed by atoms with Crippen LogP contribution in [-0.2, 0) is 0 Å². The van der Waals surface area contributed by atoms with Gasteiger partial charge in [-0.3, -0.25) is 0 Å². The van der Waals surface area contributed by atoms with E-state index in [0.29, 0.717) is 6.04 Å². The smallest absolute Gasteiger partial charge is 0.177 e. The molecular formula is C12H18N6. The number of anilines is 1. The molecule has 0 aromatic carbocycles. The minimum absolute atomic E-state index is 0.572. The van der Waals surface area contributed by atoms with Crippen LogP contribution >= 0.6 is 0 Å². The molecule has 18 heavy (non-hydrogen) atoms. The van der Waals surface area contributed by atoms with Crippen molar-refractivity contribution in [2.24, 2.45) is 0 Å². The Bertz CT molecular complexity index is 528. The molecule has 0 N–H and O–H groups in total. The molecule has 0 radical (unpaired) electrons. The number of rotatable bonds is 2. The van der Waals surface area contributed by atoms with Crippen molar-refractivity contribution in [3.63, 3.8) is 0 Å². The van der Waals surface area contributed by atoms with Crippen molar-refractivity contribution >= 4 is 11.5 Å². The predicted octanol–water partition coefficient (Wildman–Crippen LogP) is 0.655. The zero-order valence-corrected chi connectivity index (χ0v) is 10.8. The first-order valence-corrected chi connectivity index (χ1v) is 6.32. The van der Waals surface area contributed by atoms with Gasteiger partial charge in [0, 0.05) is 13.1 Å². The fourth-order valence-electron chi connectivity index (χ4n) is 2.48. The van der Waals surface area contributed by atoms with Gasteiger partial charge in [-0.25, -0.2) is 0 Å². The number of fused-ring (bicyclic) bond motifs is 1. The minimum atomic E-state index is 0.572. The van der Waals surface area contributed by atoms with E-state index < -0.39 is 0 Å². The van der Waals surface area contributed by atoms with Crippen LogP contribution in [0.1, 0.15) is 12.8 Å². The van der Waals surface area contributed by atoms with E-state index in [0.717, 1.165) is 24.6 Å². The first kappa shape index (κ1) is 11.4. The Morgan fingerprint density at radius 2 is 2.06 bits per heavy atom. The Balaban J connectivity index is 1.80. The highest BCUT2D eigenvalue weighted by Crippen LogP contribution is 2.19. The summed E-state index contributed by atoms with van der Waals surface area (Å²) in [5, 5.41) is 12.3. The molecule has 3 rings (SSSR count). The lowest BCUT2D eigenvalue weighted by molar-refractivity contribution is 0.252. The van der Waals surface area contributed by atoms with Crippen LogP contribution < -0.4 is 4.90 Å².